The molecule has 0 atom stereocenters. The second kappa shape index (κ2) is 5.33. The first-order valence-electron chi connectivity index (χ1n) is 5.53. The lowest BCUT2D eigenvalue weighted by atomic mass is 10.2. The first-order chi connectivity index (χ1) is 8.67. The molecule has 0 spiro atoms. The van der Waals surface area contributed by atoms with E-state index in [0.717, 1.165) is 5.56 Å². The van der Waals surface area contributed by atoms with Gasteiger partial charge in [0.25, 0.3) is 0 Å². The van der Waals surface area contributed by atoms with Crippen LogP contribution in [-0.2, 0) is 13.6 Å². The molecular weight excluding hydrogens is 230 g/mol. The molecule has 2 aromatic rings. The van der Waals surface area contributed by atoms with Crippen molar-refractivity contribution in [2.75, 3.05) is 10.6 Å². The van der Waals surface area contributed by atoms with Crippen LogP contribution in [0.3, 0.4) is 0 Å². The fraction of sp³-hybridized carbons (Fsp3) is 0.167. The van der Waals surface area contributed by atoms with Crippen LogP contribution in [-0.4, -0.2) is 15.8 Å². The Kier molecular flexibility index (Phi) is 3.59. The van der Waals surface area contributed by atoms with Crippen LogP contribution < -0.4 is 16.4 Å². The van der Waals surface area contributed by atoms with Gasteiger partial charge in [0.05, 0.1) is 11.9 Å². The maximum absolute atomic E-state index is 11.7. The predicted octanol–water partition coefficient (Wildman–Crippen LogP) is 1.52. The topological polar surface area (TPSA) is 85.0 Å². The minimum absolute atomic E-state index is 0.302. The van der Waals surface area contributed by atoms with Crippen LogP contribution in [0.15, 0.2) is 36.7 Å². The molecule has 18 heavy (non-hydrogen) atoms. The van der Waals surface area contributed by atoms with E-state index in [9.17, 15) is 4.79 Å². The number of aromatic nitrogens is 2. The number of nitrogens with zero attached hydrogens (tertiary/aromatic N) is 2. The number of nitrogens with one attached hydrogen (secondary N) is 2. The summed E-state index contributed by atoms with van der Waals surface area (Å²) in [6, 6.07) is 7.07. The number of nitrogens with two attached hydrogens (primary N) is 1. The molecule has 0 fully saturated rings. The molecule has 6 nitrogen and oxygen atoms in total. The summed E-state index contributed by atoms with van der Waals surface area (Å²) in [6.07, 6.45) is 3.30. The molecule has 0 unspecified atom stereocenters. The van der Waals surface area contributed by atoms with Crippen molar-refractivity contribution in [2.24, 2.45) is 12.8 Å². The van der Waals surface area contributed by atoms with Crippen molar-refractivity contribution in [2.45, 2.75) is 6.54 Å². The van der Waals surface area contributed by atoms with E-state index in [1.54, 1.807) is 24.1 Å². The molecule has 6 heteroatoms. The van der Waals surface area contributed by atoms with Crippen molar-refractivity contribution < 1.29 is 4.79 Å². The number of anilines is 2. The van der Waals surface area contributed by atoms with Gasteiger partial charge in [-0.3, -0.25) is 4.68 Å². The first-order valence-corrected chi connectivity index (χ1v) is 5.53. The van der Waals surface area contributed by atoms with Crippen LogP contribution in [0.5, 0.6) is 0 Å². The van der Waals surface area contributed by atoms with Crippen LogP contribution in [0.25, 0.3) is 0 Å². The third kappa shape index (κ3) is 3.08. The Morgan fingerprint density at radius 1 is 1.28 bits per heavy atom. The normalized spacial score (nSPS) is 10.1. The van der Waals surface area contributed by atoms with Gasteiger partial charge < -0.3 is 16.4 Å². The molecule has 1 heterocycles. The Hall–Kier alpha value is -2.34. The SMILES string of the molecule is Cn1cc(NC(=O)Nc2ccc(CN)cc2)cn1. The quantitative estimate of drug-likeness (QED) is 0.766. The highest BCUT2D eigenvalue weighted by Gasteiger charge is 2.03. The lowest BCUT2D eigenvalue weighted by Crippen LogP contribution is -2.19. The van der Waals surface area contributed by atoms with Gasteiger partial charge in [0.15, 0.2) is 0 Å². The van der Waals surface area contributed by atoms with E-state index in [1.165, 1.54) is 0 Å². The number of hydrogen-bond donors (Lipinski definition) is 3. The lowest BCUT2D eigenvalue weighted by Gasteiger charge is -2.06. The van der Waals surface area contributed by atoms with Gasteiger partial charge in [-0.15, -0.1) is 0 Å². The average Bonchev–Trinajstić information content (AvgIpc) is 2.75. The van der Waals surface area contributed by atoms with Crippen LogP contribution >= 0.6 is 0 Å². The Morgan fingerprint density at radius 3 is 2.50 bits per heavy atom. The smallest absolute Gasteiger partial charge is 0.323 e. The summed E-state index contributed by atoms with van der Waals surface area (Å²) in [7, 11) is 1.79. The lowest BCUT2D eigenvalue weighted by molar-refractivity contribution is 0.262. The van der Waals surface area contributed by atoms with Crippen molar-refractivity contribution >= 4 is 17.4 Å². The molecule has 0 radical (unpaired) electrons. The zero-order valence-electron chi connectivity index (χ0n) is 10.1. The standard InChI is InChI=1S/C12H15N5O/c1-17-8-11(7-14-17)16-12(18)15-10-4-2-9(6-13)3-5-10/h2-5,7-8H,6,13H2,1H3,(H2,15,16,18). The van der Waals surface area contributed by atoms with E-state index in [1.807, 2.05) is 24.3 Å². The number of urea groups is 1. The monoisotopic (exact) mass is 245 g/mol. The molecule has 2 amide bonds. The second-order valence-corrected chi connectivity index (χ2v) is 3.88. The minimum Gasteiger partial charge on any atom is -0.326 e. The molecule has 0 saturated carbocycles. The highest BCUT2D eigenvalue weighted by molar-refractivity contribution is 5.99. The van der Waals surface area contributed by atoms with Crippen molar-refractivity contribution in [3.8, 4) is 0 Å². The molecule has 0 aliphatic heterocycles. The van der Waals surface area contributed by atoms with Gasteiger partial charge in [-0.25, -0.2) is 4.79 Å². The molecule has 1 aromatic carbocycles. The van der Waals surface area contributed by atoms with Gasteiger partial charge >= 0.3 is 6.03 Å². The number of carbonyl (C=O) groups is 1. The highest BCUT2D eigenvalue weighted by atomic mass is 16.2. The van der Waals surface area contributed by atoms with Crippen LogP contribution in [0.4, 0.5) is 16.2 Å². The van der Waals surface area contributed by atoms with Gasteiger partial charge in [0.1, 0.15) is 0 Å². The van der Waals surface area contributed by atoms with Crippen LogP contribution in [0, 0.1) is 0 Å². The summed E-state index contributed by atoms with van der Waals surface area (Å²) in [4.78, 5) is 11.7. The summed E-state index contributed by atoms with van der Waals surface area (Å²) in [6.45, 7) is 0.488. The number of benzene rings is 1. The average molecular weight is 245 g/mol. The molecule has 0 saturated heterocycles. The Bertz CT molecular complexity index is 532. The van der Waals surface area contributed by atoms with Crippen molar-refractivity contribution in [1.82, 2.24) is 9.78 Å². The van der Waals surface area contributed by atoms with Crippen LogP contribution in [0.1, 0.15) is 5.56 Å². The Labute approximate surface area is 105 Å². The van der Waals surface area contributed by atoms with Gasteiger partial charge in [-0.2, -0.15) is 5.10 Å². The maximum atomic E-state index is 11.7. The molecule has 0 aliphatic rings. The van der Waals surface area contributed by atoms with E-state index in [-0.39, 0.29) is 6.03 Å². The van der Waals surface area contributed by atoms with Gasteiger partial charge in [0, 0.05) is 25.5 Å². The van der Waals surface area contributed by atoms with Crippen molar-refractivity contribution in [3.05, 3.63) is 42.2 Å². The molecular formula is C12H15N5O. The third-order valence-electron chi connectivity index (χ3n) is 2.41. The molecule has 0 bridgehead atoms. The van der Waals surface area contributed by atoms with Crippen LogP contribution in [0.2, 0.25) is 0 Å². The van der Waals surface area contributed by atoms with E-state index in [0.29, 0.717) is 17.9 Å². The number of rotatable bonds is 3. The highest BCUT2D eigenvalue weighted by Crippen LogP contribution is 2.10. The molecule has 0 aliphatic carbocycles. The van der Waals surface area contributed by atoms with Gasteiger partial charge in [-0.05, 0) is 17.7 Å². The van der Waals surface area contributed by atoms with E-state index in [2.05, 4.69) is 15.7 Å². The summed E-state index contributed by atoms with van der Waals surface area (Å²) in [5.41, 5.74) is 7.88. The Morgan fingerprint density at radius 2 is 1.94 bits per heavy atom. The van der Waals surface area contributed by atoms with Gasteiger partial charge in [0.2, 0.25) is 0 Å². The molecule has 94 valence electrons. The number of carbonyl (C=O) groups excluding carboxylic acids is 1. The summed E-state index contributed by atoms with van der Waals surface area (Å²) >= 11 is 0. The largest absolute Gasteiger partial charge is 0.326 e. The Balaban J connectivity index is 1.94. The van der Waals surface area contributed by atoms with Crippen molar-refractivity contribution in [3.63, 3.8) is 0 Å². The first kappa shape index (κ1) is 12.1. The second-order valence-electron chi connectivity index (χ2n) is 3.88. The van der Waals surface area contributed by atoms with E-state index < -0.39 is 0 Å². The van der Waals surface area contributed by atoms with E-state index >= 15 is 0 Å². The zero-order valence-corrected chi connectivity index (χ0v) is 10.1. The summed E-state index contributed by atoms with van der Waals surface area (Å²) in [5, 5.41) is 9.36. The van der Waals surface area contributed by atoms with E-state index in [4.69, 9.17) is 5.73 Å². The fourth-order valence-electron chi connectivity index (χ4n) is 1.50. The molecule has 1 aromatic heterocycles. The maximum Gasteiger partial charge on any atom is 0.323 e. The number of hydrogen-bond acceptors (Lipinski definition) is 3. The number of aryl methyl sites for hydroxylation is 1. The molecule has 4 N–H and O–H groups in total. The molecule has 2 rings (SSSR count). The third-order valence-corrected chi connectivity index (χ3v) is 2.41. The zero-order chi connectivity index (χ0) is 13.0. The predicted molar refractivity (Wildman–Crippen MR) is 70.2 cm³/mol. The summed E-state index contributed by atoms with van der Waals surface area (Å²) < 4.78 is 1.62. The van der Waals surface area contributed by atoms with Gasteiger partial charge in [-0.1, -0.05) is 12.1 Å². The minimum atomic E-state index is -0.302. The summed E-state index contributed by atoms with van der Waals surface area (Å²) in [5.74, 6) is 0. The number of amides is 2. The van der Waals surface area contributed by atoms with Crippen molar-refractivity contribution in [1.29, 1.82) is 0 Å². The fourth-order valence-corrected chi connectivity index (χ4v) is 1.50.